The SMILES string of the molecule is CC(C)=CCn1nc(C)c(Cl)c1C. The van der Waals surface area contributed by atoms with Crippen LogP contribution in [-0.2, 0) is 6.54 Å². The predicted molar refractivity (Wildman–Crippen MR) is 56.1 cm³/mol. The van der Waals surface area contributed by atoms with Gasteiger partial charge >= 0.3 is 0 Å². The van der Waals surface area contributed by atoms with Crippen molar-refractivity contribution in [2.75, 3.05) is 0 Å². The number of rotatable bonds is 2. The summed E-state index contributed by atoms with van der Waals surface area (Å²) < 4.78 is 1.92. The molecule has 0 saturated carbocycles. The van der Waals surface area contributed by atoms with Crippen molar-refractivity contribution in [1.29, 1.82) is 0 Å². The van der Waals surface area contributed by atoms with E-state index in [1.54, 1.807) is 0 Å². The fourth-order valence-corrected chi connectivity index (χ4v) is 1.26. The Kier molecular flexibility index (Phi) is 3.15. The Labute approximate surface area is 84.2 Å². The minimum Gasteiger partial charge on any atom is -0.264 e. The molecule has 1 aromatic heterocycles. The van der Waals surface area contributed by atoms with Gasteiger partial charge in [-0.15, -0.1) is 0 Å². The number of hydrogen-bond donors (Lipinski definition) is 0. The van der Waals surface area contributed by atoms with Crippen molar-refractivity contribution in [3.8, 4) is 0 Å². The van der Waals surface area contributed by atoms with Gasteiger partial charge < -0.3 is 0 Å². The van der Waals surface area contributed by atoms with Crippen LogP contribution in [0.15, 0.2) is 11.6 Å². The molecule has 1 aromatic rings. The molecule has 0 fully saturated rings. The van der Waals surface area contributed by atoms with Gasteiger partial charge in [0.25, 0.3) is 0 Å². The smallest absolute Gasteiger partial charge is 0.0844 e. The second-order valence-electron chi connectivity index (χ2n) is 3.45. The number of hydrogen-bond acceptors (Lipinski definition) is 1. The molecule has 0 atom stereocenters. The van der Waals surface area contributed by atoms with Crippen LogP contribution in [0.2, 0.25) is 5.02 Å². The number of nitrogens with zero attached hydrogens (tertiary/aromatic N) is 2. The quantitative estimate of drug-likeness (QED) is 0.668. The van der Waals surface area contributed by atoms with Crippen molar-refractivity contribution in [2.24, 2.45) is 0 Å². The lowest BCUT2D eigenvalue weighted by Gasteiger charge is -1.99. The van der Waals surface area contributed by atoms with Gasteiger partial charge in [0.1, 0.15) is 0 Å². The van der Waals surface area contributed by atoms with E-state index in [2.05, 4.69) is 25.0 Å². The van der Waals surface area contributed by atoms with Gasteiger partial charge in [0.15, 0.2) is 0 Å². The van der Waals surface area contributed by atoms with Gasteiger partial charge in [-0.05, 0) is 27.7 Å². The van der Waals surface area contributed by atoms with E-state index in [4.69, 9.17) is 11.6 Å². The average molecular weight is 199 g/mol. The molecule has 2 nitrogen and oxygen atoms in total. The number of aromatic nitrogens is 2. The number of allylic oxidation sites excluding steroid dienone is 2. The van der Waals surface area contributed by atoms with Gasteiger partial charge in [-0.2, -0.15) is 5.10 Å². The van der Waals surface area contributed by atoms with Crippen molar-refractivity contribution in [1.82, 2.24) is 9.78 Å². The second kappa shape index (κ2) is 3.97. The Morgan fingerprint density at radius 3 is 2.46 bits per heavy atom. The molecule has 13 heavy (non-hydrogen) atoms. The highest BCUT2D eigenvalue weighted by Crippen LogP contribution is 2.18. The Morgan fingerprint density at radius 1 is 1.46 bits per heavy atom. The Bertz CT molecular complexity index is 333. The van der Waals surface area contributed by atoms with Crippen LogP contribution in [0.25, 0.3) is 0 Å². The van der Waals surface area contributed by atoms with Gasteiger partial charge in [0, 0.05) is 0 Å². The van der Waals surface area contributed by atoms with Crippen LogP contribution in [0.4, 0.5) is 0 Å². The van der Waals surface area contributed by atoms with Crippen LogP contribution in [0.3, 0.4) is 0 Å². The topological polar surface area (TPSA) is 17.8 Å². The number of aryl methyl sites for hydroxylation is 1. The van der Waals surface area contributed by atoms with Gasteiger partial charge in [-0.1, -0.05) is 23.3 Å². The molecule has 0 unspecified atom stereocenters. The van der Waals surface area contributed by atoms with Gasteiger partial charge in [0.2, 0.25) is 0 Å². The third-order valence-electron chi connectivity index (χ3n) is 1.97. The molecule has 0 aliphatic heterocycles. The highest BCUT2D eigenvalue weighted by Gasteiger charge is 2.06. The monoisotopic (exact) mass is 198 g/mol. The first-order valence-corrected chi connectivity index (χ1v) is 4.73. The summed E-state index contributed by atoms with van der Waals surface area (Å²) in [6.07, 6.45) is 2.13. The van der Waals surface area contributed by atoms with Crippen molar-refractivity contribution in [2.45, 2.75) is 34.2 Å². The Morgan fingerprint density at radius 2 is 2.08 bits per heavy atom. The van der Waals surface area contributed by atoms with Crippen molar-refractivity contribution in [3.05, 3.63) is 28.1 Å². The highest BCUT2D eigenvalue weighted by molar-refractivity contribution is 6.31. The van der Waals surface area contributed by atoms with Crippen LogP contribution in [-0.4, -0.2) is 9.78 Å². The van der Waals surface area contributed by atoms with Crippen LogP contribution >= 0.6 is 11.6 Å². The predicted octanol–water partition coefficient (Wildman–Crippen LogP) is 3.12. The lowest BCUT2D eigenvalue weighted by Crippen LogP contribution is -2.00. The molecule has 1 heterocycles. The molecule has 0 spiro atoms. The molecule has 3 heteroatoms. The van der Waals surface area contributed by atoms with Gasteiger partial charge in [0.05, 0.1) is 23.0 Å². The van der Waals surface area contributed by atoms with E-state index in [-0.39, 0.29) is 0 Å². The summed E-state index contributed by atoms with van der Waals surface area (Å²) in [6.45, 7) is 8.87. The molecule has 0 N–H and O–H groups in total. The zero-order chi connectivity index (χ0) is 10.0. The third kappa shape index (κ3) is 2.34. The maximum atomic E-state index is 6.01. The van der Waals surface area contributed by atoms with E-state index in [9.17, 15) is 0 Å². The van der Waals surface area contributed by atoms with E-state index in [1.165, 1.54) is 5.57 Å². The lowest BCUT2D eigenvalue weighted by atomic mass is 10.3. The van der Waals surface area contributed by atoms with E-state index >= 15 is 0 Å². The molecular weight excluding hydrogens is 184 g/mol. The summed E-state index contributed by atoms with van der Waals surface area (Å²) in [4.78, 5) is 0. The fourth-order valence-electron chi connectivity index (χ4n) is 1.12. The summed E-state index contributed by atoms with van der Waals surface area (Å²) in [6, 6.07) is 0. The molecule has 0 aliphatic carbocycles. The molecule has 0 bridgehead atoms. The number of halogens is 1. The van der Waals surface area contributed by atoms with E-state index in [0.717, 1.165) is 23.0 Å². The lowest BCUT2D eigenvalue weighted by molar-refractivity contribution is 0.669. The standard InChI is InChI=1S/C10H15ClN2/c1-7(2)5-6-13-9(4)10(11)8(3)12-13/h5H,6H2,1-4H3. The molecular formula is C10H15ClN2. The average Bonchev–Trinajstić information content (AvgIpc) is 2.29. The maximum absolute atomic E-state index is 6.01. The second-order valence-corrected chi connectivity index (χ2v) is 3.83. The molecule has 72 valence electrons. The summed E-state index contributed by atoms with van der Waals surface area (Å²) in [5, 5.41) is 5.10. The minimum atomic E-state index is 0.780. The van der Waals surface area contributed by atoms with Crippen molar-refractivity contribution < 1.29 is 0 Å². The first-order chi connectivity index (χ1) is 6.02. The van der Waals surface area contributed by atoms with Crippen molar-refractivity contribution >= 4 is 11.6 Å². The maximum Gasteiger partial charge on any atom is 0.0844 e. The third-order valence-corrected chi connectivity index (χ3v) is 2.51. The van der Waals surface area contributed by atoms with Crippen molar-refractivity contribution in [3.63, 3.8) is 0 Å². The molecule has 0 amide bonds. The summed E-state index contributed by atoms with van der Waals surface area (Å²) >= 11 is 6.01. The fraction of sp³-hybridized carbons (Fsp3) is 0.500. The molecule has 0 aliphatic rings. The normalized spacial score (nSPS) is 10.2. The summed E-state index contributed by atoms with van der Waals surface area (Å²) in [5.41, 5.74) is 3.24. The first kappa shape index (κ1) is 10.3. The van der Waals surface area contributed by atoms with Crippen LogP contribution < -0.4 is 0 Å². The zero-order valence-electron chi connectivity index (χ0n) is 8.56. The summed E-state index contributed by atoms with van der Waals surface area (Å²) in [7, 11) is 0. The molecule has 0 saturated heterocycles. The molecule has 1 rings (SSSR count). The highest BCUT2D eigenvalue weighted by atomic mass is 35.5. The van der Waals surface area contributed by atoms with E-state index < -0.39 is 0 Å². The Hall–Kier alpha value is -0.760. The van der Waals surface area contributed by atoms with Crippen LogP contribution in [0.1, 0.15) is 25.2 Å². The first-order valence-electron chi connectivity index (χ1n) is 4.35. The van der Waals surface area contributed by atoms with E-state index in [1.807, 2.05) is 18.5 Å². The van der Waals surface area contributed by atoms with Crippen LogP contribution in [0.5, 0.6) is 0 Å². The molecule has 0 radical (unpaired) electrons. The van der Waals surface area contributed by atoms with Gasteiger partial charge in [-0.25, -0.2) is 0 Å². The minimum absolute atomic E-state index is 0.780. The zero-order valence-corrected chi connectivity index (χ0v) is 9.31. The molecule has 0 aromatic carbocycles. The summed E-state index contributed by atoms with van der Waals surface area (Å²) in [5.74, 6) is 0. The van der Waals surface area contributed by atoms with E-state index in [0.29, 0.717) is 0 Å². The largest absolute Gasteiger partial charge is 0.264 e. The van der Waals surface area contributed by atoms with Gasteiger partial charge in [-0.3, -0.25) is 4.68 Å². The van der Waals surface area contributed by atoms with Crippen LogP contribution in [0, 0.1) is 13.8 Å². The Balaban J connectivity index is 2.90.